The number of carbonyl (C=O) groups is 1. The average Bonchev–Trinajstić information content (AvgIpc) is 2.34. The summed E-state index contributed by atoms with van der Waals surface area (Å²) in [5.41, 5.74) is 0.608. The van der Waals surface area contributed by atoms with Crippen LogP contribution in [0.2, 0.25) is 0 Å². The number of hydrogen-bond acceptors (Lipinski definition) is 2. The summed E-state index contributed by atoms with van der Waals surface area (Å²) >= 11 is 0. The maximum absolute atomic E-state index is 13.2. The van der Waals surface area contributed by atoms with Crippen molar-refractivity contribution in [1.82, 2.24) is 4.90 Å². The molecule has 0 heterocycles. The van der Waals surface area contributed by atoms with E-state index in [0.29, 0.717) is 12.0 Å². The molecule has 0 fully saturated rings. The van der Waals surface area contributed by atoms with Crippen molar-refractivity contribution in [3.05, 3.63) is 35.4 Å². The molecule has 0 aliphatic heterocycles. The van der Waals surface area contributed by atoms with E-state index in [4.69, 9.17) is 5.11 Å². The normalized spacial score (nSPS) is 12.7. The Bertz CT molecular complexity index is 433. The summed E-state index contributed by atoms with van der Waals surface area (Å²) in [6.45, 7) is 5.34. The van der Waals surface area contributed by atoms with Crippen LogP contribution < -0.4 is 0 Å². The van der Waals surface area contributed by atoms with Crippen molar-refractivity contribution in [2.24, 2.45) is 0 Å². The standard InChI is InChI=1S/C14H19F2NO2/c1-3-17(4-2)11(9-14(18)19)7-10-5-6-12(15)13(16)8-10/h5-6,8,11H,3-4,7,9H2,1-2H3,(H,18,19). The second-order valence-electron chi connectivity index (χ2n) is 4.43. The van der Waals surface area contributed by atoms with Crippen LogP contribution in [0, 0.1) is 11.6 Å². The van der Waals surface area contributed by atoms with E-state index in [1.807, 2.05) is 18.7 Å². The highest BCUT2D eigenvalue weighted by Gasteiger charge is 2.20. The first kappa shape index (κ1) is 15.6. The minimum absolute atomic E-state index is 0.0132. The highest BCUT2D eigenvalue weighted by molar-refractivity contribution is 5.67. The van der Waals surface area contributed by atoms with Crippen molar-refractivity contribution >= 4 is 5.97 Å². The summed E-state index contributed by atoms with van der Waals surface area (Å²) < 4.78 is 26.0. The summed E-state index contributed by atoms with van der Waals surface area (Å²) in [5.74, 6) is -2.67. The molecule has 0 aliphatic rings. The van der Waals surface area contributed by atoms with Crippen molar-refractivity contribution in [2.45, 2.75) is 32.7 Å². The van der Waals surface area contributed by atoms with E-state index in [1.165, 1.54) is 6.07 Å². The predicted molar refractivity (Wildman–Crippen MR) is 69.0 cm³/mol. The van der Waals surface area contributed by atoms with Crippen molar-refractivity contribution in [1.29, 1.82) is 0 Å². The maximum Gasteiger partial charge on any atom is 0.304 e. The Morgan fingerprint density at radius 2 is 1.89 bits per heavy atom. The topological polar surface area (TPSA) is 40.5 Å². The number of carboxylic acid groups (broad SMARTS) is 1. The van der Waals surface area contributed by atoms with E-state index in [9.17, 15) is 13.6 Å². The van der Waals surface area contributed by atoms with Crippen LogP contribution in [0.5, 0.6) is 0 Å². The molecule has 1 N–H and O–H groups in total. The van der Waals surface area contributed by atoms with Gasteiger partial charge in [-0.15, -0.1) is 0 Å². The van der Waals surface area contributed by atoms with Crippen molar-refractivity contribution in [3.63, 3.8) is 0 Å². The van der Waals surface area contributed by atoms with Gasteiger partial charge in [-0.25, -0.2) is 8.78 Å². The average molecular weight is 271 g/mol. The summed E-state index contributed by atoms with van der Waals surface area (Å²) in [6.07, 6.45) is 0.381. The third-order valence-electron chi connectivity index (χ3n) is 3.19. The molecule has 0 bridgehead atoms. The second-order valence-corrected chi connectivity index (χ2v) is 4.43. The first-order chi connectivity index (χ1) is 8.97. The van der Waals surface area contributed by atoms with E-state index in [-0.39, 0.29) is 12.5 Å². The molecule has 0 aromatic heterocycles. The Morgan fingerprint density at radius 3 is 2.37 bits per heavy atom. The molecule has 106 valence electrons. The summed E-state index contributed by atoms with van der Waals surface area (Å²) in [5, 5.41) is 8.94. The number of hydrogen-bond donors (Lipinski definition) is 1. The van der Waals surface area contributed by atoms with Gasteiger partial charge < -0.3 is 10.0 Å². The first-order valence-corrected chi connectivity index (χ1v) is 6.37. The Morgan fingerprint density at radius 1 is 1.26 bits per heavy atom. The van der Waals surface area contributed by atoms with Crippen LogP contribution in [0.4, 0.5) is 8.78 Å². The fraction of sp³-hybridized carbons (Fsp3) is 0.500. The Labute approximate surface area is 111 Å². The summed E-state index contributed by atoms with van der Waals surface area (Å²) in [7, 11) is 0. The number of nitrogens with zero attached hydrogens (tertiary/aromatic N) is 1. The minimum atomic E-state index is -0.897. The van der Waals surface area contributed by atoms with E-state index in [2.05, 4.69) is 0 Å². The Balaban J connectivity index is 2.86. The third-order valence-corrected chi connectivity index (χ3v) is 3.19. The molecule has 1 aromatic rings. The molecule has 1 atom stereocenters. The number of rotatable bonds is 7. The van der Waals surface area contributed by atoms with E-state index < -0.39 is 17.6 Å². The molecule has 0 radical (unpaired) electrons. The molecule has 0 spiro atoms. The van der Waals surface area contributed by atoms with Gasteiger partial charge in [0, 0.05) is 6.04 Å². The van der Waals surface area contributed by atoms with Crippen molar-refractivity contribution in [2.75, 3.05) is 13.1 Å². The lowest BCUT2D eigenvalue weighted by molar-refractivity contribution is -0.138. The molecule has 0 saturated carbocycles. The van der Waals surface area contributed by atoms with Gasteiger partial charge in [0.25, 0.3) is 0 Å². The van der Waals surface area contributed by atoms with Gasteiger partial charge in [0.15, 0.2) is 11.6 Å². The van der Waals surface area contributed by atoms with Crippen LogP contribution in [0.1, 0.15) is 25.8 Å². The number of carboxylic acids is 1. The van der Waals surface area contributed by atoms with E-state index >= 15 is 0 Å². The van der Waals surface area contributed by atoms with Crippen LogP contribution in [-0.2, 0) is 11.2 Å². The van der Waals surface area contributed by atoms with Gasteiger partial charge in [0.2, 0.25) is 0 Å². The van der Waals surface area contributed by atoms with Gasteiger partial charge in [-0.2, -0.15) is 0 Å². The van der Waals surface area contributed by atoms with Crippen molar-refractivity contribution in [3.8, 4) is 0 Å². The lowest BCUT2D eigenvalue weighted by atomic mass is 10.0. The molecular weight excluding hydrogens is 252 g/mol. The summed E-state index contributed by atoms with van der Waals surface area (Å²) in [4.78, 5) is 12.9. The Kier molecular flexibility index (Phi) is 5.89. The SMILES string of the molecule is CCN(CC)C(CC(=O)O)Cc1ccc(F)c(F)c1. The molecule has 0 aliphatic carbocycles. The van der Waals surface area contributed by atoms with Gasteiger partial charge in [0.1, 0.15) is 0 Å². The molecule has 1 unspecified atom stereocenters. The zero-order chi connectivity index (χ0) is 14.4. The molecule has 19 heavy (non-hydrogen) atoms. The molecule has 3 nitrogen and oxygen atoms in total. The molecule has 1 rings (SSSR count). The smallest absolute Gasteiger partial charge is 0.304 e. The fourth-order valence-electron chi connectivity index (χ4n) is 2.21. The zero-order valence-corrected chi connectivity index (χ0v) is 11.2. The fourth-order valence-corrected chi connectivity index (χ4v) is 2.21. The third kappa shape index (κ3) is 4.59. The highest BCUT2D eigenvalue weighted by atomic mass is 19.2. The van der Waals surface area contributed by atoms with Gasteiger partial charge in [-0.1, -0.05) is 19.9 Å². The lowest BCUT2D eigenvalue weighted by Gasteiger charge is -2.28. The first-order valence-electron chi connectivity index (χ1n) is 6.37. The minimum Gasteiger partial charge on any atom is -0.481 e. The number of likely N-dealkylation sites (N-methyl/N-ethyl adjacent to an activating group) is 1. The largest absolute Gasteiger partial charge is 0.481 e. The molecular formula is C14H19F2NO2. The monoisotopic (exact) mass is 271 g/mol. The number of benzene rings is 1. The maximum atomic E-state index is 13.2. The molecule has 5 heteroatoms. The van der Waals surface area contributed by atoms with Crippen LogP contribution in [0.3, 0.4) is 0 Å². The van der Waals surface area contributed by atoms with Crippen LogP contribution in [0.15, 0.2) is 18.2 Å². The van der Waals surface area contributed by atoms with Crippen LogP contribution in [0.25, 0.3) is 0 Å². The predicted octanol–water partition coefficient (Wildman–Crippen LogP) is 2.69. The summed E-state index contributed by atoms with van der Waals surface area (Å²) in [6, 6.07) is 3.49. The zero-order valence-electron chi connectivity index (χ0n) is 11.2. The van der Waals surface area contributed by atoms with Crippen molar-refractivity contribution < 1.29 is 18.7 Å². The second kappa shape index (κ2) is 7.19. The van der Waals surface area contributed by atoms with E-state index in [1.54, 1.807) is 0 Å². The highest BCUT2D eigenvalue weighted by Crippen LogP contribution is 2.15. The quantitative estimate of drug-likeness (QED) is 0.829. The van der Waals surface area contributed by atoms with Gasteiger partial charge in [0.05, 0.1) is 6.42 Å². The van der Waals surface area contributed by atoms with E-state index in [0.717, 1.165) is 25.2 Å². The Hall–Kier alpha value is -1.49. The van der Waals surface area contributed by atoms with Gasteiger partial charge in [-0.3, -0.25) is 4.79 Å². The number of aliphatic carboxylic acids is 1. The van der Waals surface area contributed by atoms with Gasteiger partial charge >= 0.3 is 5.97 Å². The van der Waals surface area contributed by atoms with Crippen LogP contribution >= 0.6 is 0 Å². The molecule has 0 saturated heterocycles. The number of halogens is 2. The van der Waals surface area contributed by atoms with Gasteiger partial charge in [-0.05, 0) is 37.2 Å². The molecule has 1 aromatic carbocycles. The lowest BCUT2D eigenvalue weighted by Crippen LogP contribution is -2.38. The molecule has 0 amide bonds. The van der Waals surface area contributed by atoms with Crippen LogP contribution in [-0.4, -0.2) is 35.1 Å².